The van der Waals surface area contributed by atoms with Crippen molar-refractivity contribution < 1.29 is 9.47 Å². The van der Waals surface area contributed by atoms with Crippen LogP contribution in [0.1, 0.15) is 38.7 Å². The van der Waals surface area contributed by atoms with Gasteiger partial charge in [-0.15, -0.1) is 0 Å². The molecule has 0 aromatic heterocycles. The van der Waals surface area contributed by atoms with Crippen LogP contribution in [0.2, 0.25) is 0 Å². The van der Waals surface area contributed by atoms with Crippen molar-refractivity contribution in [2.75, 3.05) is 26.8 Å². The van der Waals surface area contributed by atoms with Crippen LogP contribution in [-0.2, 0) is 0 Å². The fraction of sp³-hybridized carbons (Fsp3) is 0.588. The molecule has 116 valence electrons. The minimum absolute atomic E-state index is 0.490. The summed E-state index contributed by atoms with van der Waals surface area (Å²) in [4.78, 5) is 3.21. The van der Waals surface area contributed by atoms with Gasteiger partial charge in [0.1, 0.15) is 4.99 Å². The van der Waals surface area contributed by atoms with Gasteiger partial charge in [0.15, 0.2) is 11.5 Å². The Labute approximate surface area is 133 Å². The smallest absolute Gasteiger partial charge is 0.161 e. The molecule has 21 heavy (non-hydrogen) atoms. The molecule has 3 nitrogen and oxygen atoms in total. The van der Waals surface area contributed by atoms with Gasteiger partial charge < -0.3 is 14.4 Å². The number of rotatable bonds is 5. The van der Waals surface area contributed by atoms with Crippen LogP contribution in [0.25, 0.3) is 0 Å². The lowest BCUT2D eigenvalue weighted by Gasteiger charge is -2.29. The lowest BCUT2D eigenvalue weighted by atomic mass is 10.1. The van der Waals surface area contributed by atoms with Crippen LogP contribution in [0.5, 0.6) is 11.5 Å². The van der Waals surface area contributed by atoms with Gasteiger partial charge in [0.2, 0.25) is 0 Å². The Morgan fingerprint density at radius 3 is 2.52 bits per heavy atom. The topological polar surface area (TPSA) is 21.7 Å². The molecule has 0 aliphatic carbocycles. The van der Waals surface area contributed by atoms with Crippen molar-refractivity contribution in [2.45, 2.75) is 33.1 Å². The Kier molecular flexibility index (Phi) is 5.85. The Balaban J connectivity index is 2.11. The highest BCUT2D eigenvalue weighted by atomic mass is 32.1. The van der Waals surface area contributed by atoms with Crippen LogP contribution < -0.4 is 9.47 Å². The first kappa shape index (κ1) is 16.1. The summed E-state index contributed by atoms with van der Waals surface area (Å²) in [5.41, 5.74) is 1.04. The molecule has 0 unspecified atom stereocenters. The molecule has 0 saturated carbocycles. The molecular weight excluding hydrogens is 282 g/mol. The van der Waals surface area contributed by atoms with Gasteiger partial charge in [0.25, 0.3) is 0 Å². The number of piperidine rings is 1. The molecule has 0 N–H and O–H groups in total. The Hall–Kier alpha value is -1.29. The maximum Gasteiger partial charge on any atom is 0.161 e. The summed E-state index contributed by atoms with van der Waals surface area (Å²) < 4.78 is 11.2. The quantitative estimate of drug-likeness (QED) is 0.769. The highest BCUT2D eigenvalue weighted by molar-refractivity contribution is 7.80. The molecule has 0 atom stereocenters. The first-order valence-corrected chi connectivity index (χ1v) is 8.12. The van der Waals surface area contributed by atoms with Crippen molar-refractivity contribution in [3.8, 4) is 11.5 Å². The molecule has 0 radical (unpaired) electrons. The normalized spacial score (nSPS) is 15.1. The number of likely N-dealkylation sites (tertiary alicyclic amines) is 1. The van der Waals surface area contributed by atoms with Crippen LogP contribution in [0.15, 0.2) is 18.2 Å². The largest absolute Gasteiger partial charge is 0.493 e. The lowest BCUT2D eigenvalue weighted by molar-refractivity contribution is 0.257. The number of nitrogens with zero attached hydrogens (tertiary/aromatic N) is 1. The number of ether oxygens (including phenoxy) is 2. The van der Waals surface area contributed by atoms with E-state index in [0.29, 0.717) is 12.5 Å². The molecule has 1 fully saturated rings. The van der Waals surface area contributed by atoms with E-state index in [2.05, 4.69) is 18.7 Å². The average molecular weight is 307 g/mol. The van der Waals surface area contributed by atoms with Gasteiger partial charge in [0.05, 0.1) is 13.7 Å². The number of thiocarbonyl (C=S) groups is 1. The molecule has 4 heteroatoms. The lowest BCUT2D eigenvalue weighted by Crippen LogP contribution is -2.34. The summed E-state index contributed by atoms with van der Waals surface area (Å²) in [6, 6.07) is 5.99. The summed E-state index contributed by atoms with van der Waals surface area (Å²) in [7, 11) is 1.67. The Bertz CT molecular complexity index is 482. The average Bonchev–Trinajstić information content (AvgIpc) is 2.52. The highest BCUT2D eigenvalue weighted by Crippen LogP contribution is 2.29. The summed E-state index contributed by atoms with van der Waals surface area (Å²) >= 11 is 5.63. The first-order valence-electron chi connectivity index (χ1n) is 7.72. The third-order valence-electron chi connectivity index (χ3n) is 3.63. The maximum absolute atomic E-state index is 5.79. The number of hydrogen-bond donors (Lipinski definition) is 0. The van der Waals surface area contributed by atoms with Crippen molar-refractivity contribution in [1.82, 2.24) is 4.90 Å². The van der Waals surface area contributed by atoms with Gasteiger partial charge in [-0.2, -0.15) is 0 Å². The van der Waals surface area contributed by atoms with Crippen LogP contribution in [0.3, 0.4) is 0 Å². The van der Waals surface area contributed by atoms with Crippen LogP contribution >= 0.6 is 12.2 Å². The summed E-state index contributed by atoms with van der Waals surface area (Å²) in [6.45, 7) is 7.07. The van der Waals surface area contributed by atoms with Crippen molar-refractivity contribution >= 4 is 17.2 Å². The SMILES string of the molecule is COc1cc(C(=S)N2CCCCC2)ccc1OCC(C)C. The van der Waals surface area contributed by atoms with Crippen LogP contribution in [0.4, 0.5) is 0 Å². The van der Waals surface area contributed by atoms with E-state index in [1.54, 1.807) is 7.11 Å². The van der Waals surface area contributed by atoms with Crippen molar-refractivity contribution in [2.24, 2.45) is 5.92 Å². The monoisotopic (exact) mass is 307 g/mol. The van der Waals surface area contributed by atoms with Gasteiger partial charge in [-0.05, 0) is 43.4 Å². The van der Waals surface area contributed by atoms with Crippen molar-refractivity contribution in [1.29, 1.82) is 0 Å². The van der Waals surface area contributed by atoms with Crippen molar-refractivity contribution in [3.63, 3.8) is 0 Å². The molecular formula is C17H25NO2S. The summed E-state index contributed by atoms with van der Waals surface area (Å²) in [5, 5.41) is 0. The predicted octanol–water partition coefficient (Wildman–Crippen LogP) is 3.89. The van der Waals surface area contributed by atoms with Gasteiger partial charge in [-0.1, -0.05) is 26.1 Å². The van der Waals surface area contributed by atoms with Gasteiger partial charge in [-0.25, -0.2) is 0 Å². The second-order valence-corrected chi connectivity index (χ2v) is 6.31. The number of benzene rings is 1. The molecule has 1 aliphatic rings. The standard InChI is InChI=1S/C17H25NO2S/c1-13(2)12-20-15-8-7-14(11-16(15)19-3)17(21)18-9-5-4-6-10-18/h7-8,11,13H,4-6,9-10,12H2,1-3H3. The Morgan fingerprint density at radius 1 is 1.19 bits per heavy atom. The zero-order valence-corrected chi connectivity index (χ0v) is 14.0. The maximum atomic E-state index is 5.79. The van der Waals surface area contributed by atoms with Gasteiger partial charge in [-0.3, -0.25) is 0 Å². The van der Waals surface area contributed by atoms with E-state index in [4.69, 9.17) is 21.7 Å². The first-order chi connectivity index (χ1) is 10.1. The summed E-state index contributed by atoms with van der Waals surface area (Å²) in [5.74, 6) is 2.03. The fourth-order valence-electron chi connectivity index (χ4n) is 2.46. The van der Waals surface area contributed by atoms with Crippen molar-refractivity contribution in [3.05, 3.63) is 23.8 Å². The molecule has 2 rings (SSSR count). The third kappa shape index (κ3) is 4.34. The number of hydrogen-bond acceptors (Lipinski definition) is 3. The number of methoxy groups -OCH3 is 1. The third-order valence-corrected chi connectivity index (χ3v) is 4.12. The fourth-order valence-corrected chi connectivity index (χ4v) is 2.77. The molecule has 0 spiro atoms. The van der Waals surface area contributed by atoms with E-state index < -0.39 is 0 Å². The Morgan fingerprint density at radius 2 is 1.90 bits per heavy atom. The molecule has 0 bridgehead atoms. The zero-order valence-electron chi connectivity index (χ0n) is 13.2. The summed E-state index contributed by atoms with van der Waals surface area (Å²) in [6.07, 6.45) is 3.77. The molecule has 1 saturated heterocycles. The van der Waals surface area contributed by atoms with Crippen LogP contribution in [-0.4, -0.2) is 36.7 Å². The second kappa shape index (κ2) is 7.64. The molecule has 1 aromatic carbocycles. The second-order valence-electron chi connectivity index (χ2n) is 5.92. The molecule has 1 aliphatic heterocycles. The van der Waals surface area contributed by atoms with Crippen LogP contribution in [0, 0.1) is 5.92 Å². The van der Waals surface area contributed by atoms with E-state index in [1.165, 1.54) is 19.3 Å². The minimum atomic E-state index is 0.490. The van der Waals surface area contributed by atoms with E-state index in [1.807, 2.05) is 18.2 Å². The van der Waals surface area contributed by atoms with E-state index in [9.17, 15) is 0 Å². The highest BCUT2D eigenvalue weighted by Gasteiger charge is 2.16. The van der Waals surface area contributed by atoms with Gasteiger partial charge >= 0.3 is 0 Å². The predicted molar refractivity (Wildman–Crippen MR) is 90.5 cm³/mol. The van der Waals surface area contributed by atoms with Gasteiger partial charge in [0, 0.05) is 18.7 Å². The molecule has 1 aromatic rings. The molecule has 1 heterocycles. The van der Waals surface area contributed by atoms with E-state index in [0.717, 1.165) is 35.1 Å². The zero-order chi connectivity index (χ0) is 15.2. The minimum Gasteiger partial charge on any atom is -0.493 e. The molecule has 0 amide bonds. The van der Waals surface area contributed by atoms with E-state index in [-0.39, 0.29) is 0 Å². The van der Waals surface area contributed by atoms with E-state index >= 15 is 0 Å².